The summed E-state index contributed by atoms with van der Waals surface area (Å²) in [6.07, 6.45) is 21.4. The molecule has 16 heavy (non-hydrogen) atoms. The fourth-order valence-electron chi connectivity index (χ4n) is 1.76. The summed E-state index contributed by atoms with van der Waals surface area (Å²) in [7, 11) is 0. The van der Waals surface area contributed by atoms with Crippen LogP contribution in [0.2, 0.25) is 0 Å². The van der Waals surface area contributed by atoms with Crippen molar-refractivity contribution in [2.75, 3.05) is 0 Å². The van der Waals surface area contributed by atoms with E-state index in [0.717, 1.165) is 6.42 Å². The van der Waals surface area contributed by atoms with E-state index in [9.17, 15) is 0 Å². The Balaban J connectivity index is 2.98. The summed E-state index contributed by atoms with van der Waals surface area (Å²) in [6.45, 7) is 6.12. The molecule has 0 aliphatic carbocycles. The molecule has 0 saturated heterocycles. The number of hydrogen-bond acceptors (Lipinski definition) is 0. The first-order valence-corrected chi connectivity index (χ1v) is 7.17. The van der Waals surface area contributed by atoms with E-state index in [1.165, 1.54) is 64.2 Å². The molecule has 0 N–H and O–H groups in total. The SMILES string of the molecule is [CH2]CCCCC/C=C/C[CH]CCCCCC. The van der Waals surface area contributed by atoms with Crippen molar-refractivity contribution in [2.45, 2.75) is 77.6 Å². The summed E-state index contributed by atoms with van der Waals surface area (Å²) in [5.41, 5.74) is 0. The molecule has 0 atom stereocenters. The third-order valence-electron chi connectivity index (χ3n) is 2.85. The van der Waals surface area contributed by atoms with Crippen LogP contribution in [0.4, 0.5) is 0 Å². The van der Waals surface area contributed by atoms with E-state index in [1.54, 1.807) is 0 Å². The monoisotopic (exact) mass is 222 g/mol. The molecule has 0 rings (SSSR count). The topological polar surface area (TPSA) is 0 Å². The highest BCUT2D eigenvalue weighted by Crippen LogP contribution is 2.07. The Labute approximate surface area is 104 Å². The zero-order valence-corrected chi connectivity index (χ0v) is 11.2. The molecule has 0 aliphatic rings. The molecule has 0 nitrogen and oxygen atoms in total. The van der Waals surface area contributed by atoms with Gasteiger partial charge in [-0.1, -0.05) is 70.9 Å². The Morgan fingerprint density at radius 3 is 2.31 bits per heavy atom. The molecule has 0 spiro atoms. The van der Waals surface area contributed by atoms with E-state index in [0.29, 0.717) is 0 Å². The molecule has 0 aromatic heterocycles. The largest absolute Gasteiger partial charge is 0.0885 e. The predicted octanol–water partition coefficient (Wildman–Crippen LogP) is 5.89. The lowest BCUT2D eigenvalue weighted by atomic mass is 10.1. The first-order valence-electron chi connectivity index (χ1n) is 7.17. The maximum absolute atomic E-state index is 3.85. The van der Waals surface area contributed by atoms with Crippen molar-refractivity contribution in [3.05, 3.63) is 25.5 Å². The first-order chi connectivity index (χ1) is 7.91. The van der Waals surface area contributed by atoms with Crippen LogP contribution in [0.15, 0.2) is 12.2 Å². The van der Waals surface area contributed by atoms with Crippen molar-refractivity contribution < 1.29 is 0 Å². The van der Waals surface area contributed by atoms with Crippen LogP contribution in [-0.4, -0.2) is 0 Å². The fraction of sp³-hybridized carbons (Fsp3) is 0.750. The second-order valence-corrected chi connectivity index (χ2v) is 4.55. The van der Waals surface area contributed by atoms with Gasteiger partial charge in [0.15, 0.2) is 0 Å². The summed E-state index contributed by atoms with van der Waals surface area (Å²) in [4.78, 5) is 0. The van der Waals surface area contributed by atoms with Gasteiger partial charge in [0.1, 0.15) is 0 Å². The third kappa shape index (κ3) is 13.7. The summed E-state index contributed by atoms with van der Waals surface area (Å²) in [5.74, 6) is 0. The van der Waals surface area contributed by atoms with Gasteiger partial charge in [-0.25, -0.2) is 0 Å². The Hall–Kier alpha value is -0.260. The van der Waals surface area contributed by atoms with Crippen molar-refractivity contribution in [2.24, 2.45) is 0 Å². The maximum Gasteiger partial charge on any atom is -0.0319 e. The zero-order chi connectivity index (χ0) is 11.9. The van der Waals surface area contributed by atoms with Crippen LogP contribution >= 0.6 is 0 Å². The quantitative estimate of drug-likeness (QED) is 0.285. The van der Waals surface area contributed by atoms with Crippen LogP contribution < -0.4 is 0 Å². The predicted molar refractivity (Wildman–Crippen MR) is 75.3 cm³/mol. The Bertz CT molecular complexity index is 135. The van der Waals surface area contributed by atoms with E-state index in [4.69, 9.17) is 0 Å². The number of hydrogen-bond donors (Lipinski definition) is 0. The van der Waals surface area contributed by atoms with E-state index < -0.39 is 0 Å². The minimum absolute atomic E-state index is 1.09. The third-order valence-corrected chi connectivity index (χ3v) is 2.85. The lowest BCUT2D eigenvalue weighted by Gasteiger charge is -1.97. The highest BCUT2D eigenvalue weighted by Gasteiger charge is 1.88. The Kier molecular flexibility index (Phi) is 14.5. The Morgan fingerprint density at radius 2 is 1.56 bits per heavy atom. The van der Waals surface area contributed by atoms with Gasteiger partial charge in [-0.2, -0.15) is 0 Å². The van der Waals surface area contributed by atoms with Crippen molar-refractivity contribution in [3.8, 4) is 0 Å². The molecule has 0 amide bonds. The molecule has 94 valence electrons. The van der Waals surface area contributed by atoms with Crippen molar-refractivity contribution >= 4 is 0 Å². The molecular weight excluding hydrogens is 192 g/mol. The molecule has 0 saturated carbocycles. The molecular formula is C16H30. The summed E-state index contributed by atoms with van der Waals surface area (Å²) in [6, 6.07) is 0. The van der Waals surface area contributed by atoms with Crippen molar-refractivity contribution in [3.63, 3.8) is 0 Å². The molecule has 0 aromatic rings. The van der Waals surface area contributed by atoms with Gasteiger partial charge < -0.3 is 0 Å². The normalized spacial score (nSPS) is 11.4. The second kappa shape index (κ2) is 14.7. The Morgan fingerprint density at radius 1 is 0.812 bits per heavy atom. The van der Waals surface area contributed by atoms with Gasteiger partial charge >= 0.3 is 0 Å². The van der Waals surface area contributed by atoms with Gasteiger partial charge in [-0.3, -0.25) is 0 Å². The van der Waals surface area contributed by atoms with E-state index in [-0.39, 0.29) is 0 Å². The molecule has 0 fully saturated rings. The van der Waals surface area contributed by atoms with Gasteiger partial charge in [0.05, 0.1) is 0 Å². The summed E-state index contributed by atoms with van der Waals surface area (Å²) >= 11 is 0. The van der Waals surface area contributed by atoms with Crippen LogP contribution in [0.3, 0.4) is 0 Å². The molecule has 0 bridgehead atoms. The maximum atomic E-state index is 3.85. The van der Waals surface area contributed by atoms with Gasteiger partial charge in [-0.05, 0) is 32.1 Å². The summed E-state index contributed by atoms with van der Waals surface area (Å²) < 4.78 is 0. The van der Waals surface area contributed by atoms with Gasteiger partial charge in [0, 0.05) is 0 Å². The second-order valence-electron chi connectivity index (χ2n) is 4.55. The molecule has 0 unspecified atom stereocenters. The minimum Gasteiger partial charge on any atom is -0.0885 e. The van der Waals surface area contributed by atoms with Crippen LogP contribution in [-0.2, 0) is 0 Å². The molecule has 0 aliphatic heterocycles. The number of allylic oxidation sites excluding steroid dienone is 2. The zero-order valence-electron chi connectivity index (χ0n) is 11.2. The van der Waals surface area contributed by atoms with Gasteiger partial charge in [-0.15, -0.1) is 0 Å². The van der Waals surface area contributed by atoms with E-state index >= 15 is 0 Å². The van der Waals surface area contributed by atoms with Crippen LogP contribution in [0, 0.1) is 13.3 Å². The van der Waals surface area contributed by atoms with Crippen molar-refractivity contribution in [1.29, 1.82) is 0 Å². The number of rotatable bonds is 12. The van der Waals surface area contributed by atoms with Crippen molar-refractivity contribution in [1.82, 2.24) is 0 Å². The van der Waals surface area contributed by atoms with Gasteiger partial charge in [0.2, 0.25) is 0 Å². The van der Waals surface area contributed by atoms with Crippen LogP contribution in [0.1, 0.15) is 77.6 Å². The standard InChI is InChI=1S/C16H30/c1-3-5-7-9-11-13-15-16-14-12-10-8-6-4-2/h13-15H,1,3-12,16H2,2H3/b15-13+. The highest BCUT2D eigenvalue weighted by atomic mass is 13.9. The lowest BCUT2D eigenvalue weighted by molar-refractivity contribution is 0.658. The molecule has 2 radical (unpaired) electrons. The molecule has 0 heterocycles. The fourth-order valence-corrected chi connectivity index (χ4v) is 1.76. The average Bonchev–Trinajstić information content (AvgIpc) is 2.31. The molecule has 0 heteroatoms. The van der Waals surface area contributed by atoms with Crippen LogP contribution in [0.5, 0.6) is 0 Å². The lowest BCUT2D eigenvalue weighted by Crippen LogP contribution is -1.79. The van der Waals surface area contributed by atoms with Gasteiger partial charge in [0.25, 0.3) is 0 Å². The van der Waals surface area contributed by atoms with E-state index in [2.05, 4.69) is 32.4 Å². The first kappa shape index (κ1) is 15.7. The smallest absolute Gasteiger partial charge is 0.0319 e. The summed E-state index contributed by atoms with van der Waals surface area (Å²) in [5, 5.41) is 0. The minimum atomic E-state index is 1.09. The number of unbranched alkanes of at least 4 members (excludes halogenated alkanes) is 10. The van der Waals surface area contributed by atoms with E-state index in [1.807, 2.05) is 0 Å². The van der Waals surface area contributed by atoms with Crippen LogP contribution in [0.25, 0.3) is 0 Å². The average molecular weight is 222 g/mol. The molecule has 0 aromatic carbocycles. The highest BCUT2D eigenvalue weighted by molar-refractivity contribution is 4.86.